The van der Waals surface area contributed by atoms with Crippen LogP contribution in [-0.2, 0) is 10.2 Å². The van der Waals surface area contributed by atoms with Crippen molar-refractivity contribution in [3.8, 4) is 17.2 Å². The van der Waals surface area contributed by atoms with Gasteiger partial charge in [-0.3, -0.25) is 9.59 Å². The van der Waals surface area contributed by atoms with Crippen molar-refractivity contribution in [3.05, 3.63) is 90.0 Å². The lowest BCUT2D eigenvalue weighted by atomic mass is 9.80. The maximum absolute atomic E-state index is 13.3. The Morgan fingerprint density at radius 3 is 2.37 bits per heavy atom. The molecule has 146 valence electrons. The summed E-state index contributed by atoms with van der Waals surface area (Å²) in [5.74, 6) is -0.367. The van der Waals surface area contributed by atoms with Crippen molar-refractivity contribution in [1.29, 1.82) is 5.26 Å². The van der Waals surface area contributed by atoms with Gasteiger partial charge in [0.2, 0.25) is 5.91 Å². The quantitative estimate of drug-likeness (QED) is 0.716. The van der Waals surface area contributed by atoms with Gasteiger partial charge in [0.25, 0.3) is 5.91 Å². The molecule has 2 aliphatic rings. The van der Waals surface area contributed by atoms with Crippen molar-refractivity contribution >= 4 is 17.5 Å². The Kier molecular flexibility index (Phi) is 4.14. The predicted octanol–water partition coefficient (Wildman–Crippen LogP) is 3.98. The number of benzene rings is 3. The molecule has 0 unspecified atom stereocenters. The molecule has 1 spiro atoms. The average molecular weight is 393 g/mol. The van der Waals surface area contributed by atoms with Crippen LogP contribution in [0.5, 0.6) is 0 Å². The maximum atomic E-state index is 13.3. The van der Waals surface area contributed by atoms with Crippen molar-refractivity contribution in [2.45, 2.75) is 17.9 Å². The maximum Gasteiger partial charge on any atom is 0.254 e. The van der Waals surface area contributed by atoms with Crippen LogP contribution < -0.4 is 5.32 Å². The number of hydrogen-bond donors (Lipinski definition) is 1. The first kappa shape index (κ1) is 18.1. The van der Waals surface area contributed by atoms with E-state index in [2.05, 4.69) is 11.4 Å². The standard InChI is InChI=1S/C25H19N3O2/c26-15-20-14-25(21-8-4-5-9-22(21)27-24(25)30)16-28(20)23(29)19-12-10-18(11-13-19)17-6-2-1-3-7-17/h1-13,20H,14,16H2,(H,27,30)/t20-,25-/m0/s1. The number of rotatable bonds is 2. The number of likely N-dealkylation sites (tertiary alicyclic amines) is 1. The number of nitriles is 1. The fourth-order valence-electron chi connectivity index (χ4n) is 4.57. The Bertz CT molecular complexity index is 1180. The summed E-state index contributed by atoms with van der Waals surface area (Å²) in [6.45, 7) is 0.202. The molecule has 5 nitrogen and oxygen atoms in total. The lowest BCUT2D eigenvalue weighted by molar-refractivity contribution is -0.120. The highest BCUT2D eigenvalue weighted by molar-refractivity contribution is 6.08. The lowest BCUT2D eigenvalue weighted by Crippen LogP contribution is -2.40. The molecular weight excluding hydrogens is 374 g/mol. The molecule has 0 radical (unpaired) electrons. The minimum atomic E-state index is -0.864. The topological polar surface area (TPSA) is 73.2 Å². The van der Waals surface area contributed by atoms with Crippen molar-refractivity contribution in [1.82, 2.24) is 4.90 Å². The summed E-state index contributed by atoms with van der Waals surface area (Å²) < 4.78 is 0. The number of para-hydroxylation sites is 1. The van der Waals surface area contributed by atoms with Crippen LogP contribution in [0.15, 0.2) is 78.9 Å². The number of nitrogens with one attached hydrogen (secondary N) is 1. The summed E-state index contributed by atoms with van der Waals surface area (Å²) in [6, 6.07) is 26.4. The van der Waals surface area contributed by atoms with Gasteiger partial charge < -0.3 is 10.2 Å². The fourth-order valence-corrected chi connectivity index (χ4v) is 4.57. The van der Waals surface area contributed by atoms with Gasteiger partial charge in [-0.25, -0.2) is 0 Å². The van der Waals surface area contributed by atoms with Crippen molar-refractivity contribution in [2.75, 3.05) is 11.9 Å². The second kappa shape index (κ2) is 6.85. The predicted molar refractivity (Wildman–Crippen MR) is 114 cm³/mol. The second-order valence-electron chi connectivity index (χ2n) is 7.81. The van der Waals surface area contributed by atoms with Gasteiger partial charge in [0.1, 0.15) is 6.04 Å². The fraction of sp³-hybridized carbons (Fsp3) is 0.160. The van der Waals surface area contributed by atoms with Crippen LogP contribution in [0.25, 0.3) is 11.1 Å². The highest BCUT2D eigenvalue weighted by atomic mass is 16.2. The molecule has 2 atom stereocenters. The first-order chi connectivity index (χ1) is 14.6. The molecule has 2 heterocycles. The van der Waals surface area contributed by atoms with E-state index in [1.807, 2.05) is 66.7 Å². The van der Waals surface area contributed by atoms with Crippen LogP contribution in [0.3, 0.4) is 0 Å². The Morgan fingerprint density at radius 1 is 0.967 bits per heavy atom. The third-order valence-corrected chi connectivity index (χ3v) is 6.13. The third kappa shape index (κ3) is 2.69. The van der Waals surface area contributed by atoms with Crippen LogP contribution in [0.4, 0.5) is 5.69 Å². The van der Waals surface area contributed by atoms with Crippen LogP contribution >= 0.6 is 0 Å². The summed E-state index contributed by atoms with van der Waals surface area (Å²) >= 11 is 0. The van der Waals surface area contributed by atoms with Crippen molar-refractivity contribution in [3.63, 3.8) is 0 Å². The SMILES string of the molecule is N#C[C@@H]1C[C@@]2(CN1C(=O)c1ccc(-c3ccccc3)cc1)C(=O)Nc1ccccc12. The smallest absolute Gasteiger partial charge is 0.254 e. The van der Waals surface area contributed by atoms with Gasteiger partial charge in [-0.1, -0.05) is 60.7 Å². The van der Waals surface area contributed by atoms with E-state index in [0.29, 0.717) is 12.0 Å². The molecule has 2 amide bonds. The minimum Gasteiger partial charge on any atom is -0.325 e. The second-order valence-corrected chi connectivity index (χ2v) is 7.81. The Balaban J connectivity index is 1.45. The average Bonchev–Trinajstić information content (AvgIpc) is 3.32. The van der Waals surface area contributed by atoms with Gasteiger partial charge in [-0.05, 0) is 34.9 Å². The van der Waals surface area contributed by atoms with E-state index < -0.39 is 11.5 Å². The van der Waals surface area contributed by atoms with Crippen LogP contribution in [0, 0.1) is 11.3 Å². The first-order valence-corrected chi connectivity index (χ1v) is 9.89. The Morgan fingerprint density at radius 2 is 1.63 bits per heavy atom. The lowest BCUT2D eigenvalue weighted by Gasteiger charge is -2.23. The van der Waals surface area contributed by atoms with Crippen LogP contribution in [-0.4, -0.2) is 29.3 Å². The molecule has 3 aromatic rings. The molecule has 0 bridgehead atoms. The van der Waals surface area contributed by atoms with E-state index in [-0.39, 0.29) is 18.4 Å². The van der Waals surface area contributed by atoms with Gasteiger partial charge in [0.15, 0.2) is 0 Å². The van der Waals surface area contributed by atoms with Gasteiger partial charge in [0.05, 0.1) is 11.5 Å². The Labute approximate surface area is 174 Å². The normalized spacial score (nSPS) is 21.9. The Hall–Kier alpha value is -3.91. The number of hydrogen-bond acceptors (Lipinski definition) is 3. The number of fused-ring (bicyclic) bond motifs is 2. The van der Waals surface area contributed by atoms with E-state index in [9.17, 15) is 14.9 Å². The van der Waals surface area contributed by atoms with E-state index in [4.69, 9.17) is 0 Å². The van der Waals surface area contributed by atoms with E-state index in [1.54, 1.807) is 17.0 Å². The number of nitrogens with zero attached hydrogens (tertiary/aromatic N) is 2. The van der Waals surface area contributed by atoms with Crippen LogP contribution in [0.1, 0.15) is 22.3 Å². The van der Waals surface area contributed by atoms with Gasteiger partial charge >= 0.3 is 0 Å². The van der Waals surface area contributed by atoms with E-state index >= 15 is 0 Å². The van der Waals surface area contributed by atoms with E-state index in [1.165, 1.54) is 0 Å². The minimum absolute atomic E-state index is 0.140. The van der Waals surface area contributed by atoms with Crippen molar-refractivity contribution < 1.29 is 9.59 Å². The molecule has 1 fully saturated rings. The molecule has 0 aliphatic carbocycles. The monoisotopic (exact) mass is 393 g/mol. The number of anilines is 1. The largest absolute Gasteiger partial charge is 0.325 e. The molecular formula is C25H19N3O2. The number of amides is 2. The summed E-state index contributed by atoms with van der Waals surface area (Å²) in [5, 5.41) is 12.6. The zero-order chi connectivity index (χ0) is 20.7. The highest BCUT2D eigenvalue weighted by Gasteiger charge is 2.55. The summed E-state index contributed by atoms with van der Waals surface area (Å²) in [7, 11) is 0. The molecule has 5 rings (SSSR count). The highest BCUT2D eigenvalue weighted by Crippen LogP contribution is 2.46. The molecule has 2 aliphatic heterocycles. The van der Waals surface area contributed by atoms with Crippen LogP contribution in [0.2, 0.25) is 0 Å². The summed E-state index contributed by atoms with van der Waals surface area (Å²) in [6.07, 6.45) is 0.306. The summed E-state index contributed by atoms with van der Waals surface area (Å²) in [5.41, 5.74) is 3.37. The molecule has 5 heteroatoms. The molecule has 0 saturated carbocycles. The zero-order valence-electron chi connectivity index (χ0n) is 16.2. The van der Waals surface area contributed by atoms with Gasteiger partial charge in [-0.15, -0.1) is 0 Å². The summed E-state index contributed by atoms with van der Waals surface area (Å²) in [4.78, 5) is 27.7. The molecule has 1 saturated heterocycles. The molecule has 3 aromatic carbocycles. The van der Waals surface area contributed by atoms with Gasteiger partial charge in [0, 0.05) is 24.2 Å². The first-order valence-electron chi connectivity index (χ1n) is 9.89. The molecule has 1 N–H and O–H groups in total. The van der Waals surface area contributed by atoms with E-state index in [0.717, 1.165) is 22.4 Å². The van der Waals surface area contributed by atoms with Crippen molar-refractivity contribution in [2.24, 2.45) is 0 Å². The molecule has 0 aromatic heterocycles. The third-order valence-electron chi connectivity index (χ3n) is 6.13. The number of carbonyl (C=O) groups is 2. The van der Waals surface area contributed by atoms with Gasteiger partial charge in [-0.2, -0.15) is 5.26 Å². The molecule has 30 heavy (non-hydrogen) atoms. The number of carbonyl (C=O) groups excluding carboxylic acids is 2. The zero-order valence-corrected chi connectivity index (χ0v) is 16.2.